The van der Waals surface area contributed by atoms with Crippen LogP contribution >= 0.6 is 11.3 Å². The van der Waals surface area contributed by atoms with Crippen LogP contribution in [-0.2, 0) is 0 Å². The Bertz CT molecular complexity index is 360. The predicted molar refractivity (Wildman–Crippen MR) is 79.0 cm³/mol. The molecule has 2 fully saturated rings. The van der Waals surface area contributed by atoms with Crippen molar-refractivity contribution in [3.63, 3.8) is 0 Å². The first-order chi connectivity index (χ1) is 8.83. The summed E-state index contributed by atoms with van der Waals surface area (Å²) >= 11 is 1.93. The van der Waals surface area contributed by atoms with Crippen molar-refractivity contribution in [3.05, 3.63) is 22.4 Å². The third-order valence-electron chi connectivity index (χ3n) is 5.05. The van der Waals surface area contributed by atoms with Gasteiger partial charge in [0.05, 0.1) is 0 Å². The van der Waals surface area contributed by atoms with Crippen LogP contribution in [0, 0.1) is 11.3 Å². The van der Waals surface area contributed by atoms with Crippen LogP contribution in [0.4, 0.5) is 0 Å². The Kier molecular flexibility index (Phi) is 3.76. The molecule has 1 unspecified atom stereocenters. The lowest BCUT2D eigenvalue weighted by Gasteiger charge is -2.30. The molecule has 1 nitrogen and oxygen atoms in total. The van der Waals surface area contributed by atoms with E-state index in [0.717, 1.165) is 5.92 Å². The molecule has 0 saturated heterocycles. The highest BCUT2D eigenvalue weighted by Gasteiger charge is 2.36. The molecule has 2 aliphatic rings. The lowest BCUT2D eigenvalue weighted by atomic mass is 9.83. The third kappa shape index (κ3) is 2.65. The Hall–Kier alpha value is -0.340. The molecule has 3 rings (SSSR count). The van der Waals surface area contributed by atoms with Gasteiger partial charge in [0.1, 0.15) is 0 Å². The van der Waals surface area contributed by atoms with Crippen molar-refractivity contribution in [2.75, 3.05) is 6.54 Å². The molecule has 0 spiro atoms. The van der Waals surface area contributed by atoms with E-state index in [0.29, 0.717) is 11.5 Å². The summed E-state index contributed by atoms with van der Waals surface area (Å²) in [6.45, 7) is 3.62. The van der Waals surface area contributed by atoms with Gasteiger partial charge in [-0.2, -0.15) is 0 Å². The Morgan fingerprint density at radius 2 is 2.17 bits per heavy atom. The quantitative estimate of drug-likeness (QED) is 0.780. The van der Waals surface area contributed by atoms with Crippen molar-refractivity contribution < 1.29 is 0 Å². The second-order valence-electron chi connectivity index (χ2n) is 6.27. The van der Waals surface area contributed by atoms with Crippen LogP contribution in [0.2, 0.25) is 0 Å². The summed E-state index contributed by atoms with van der Waals surface area (Å²) in [7, 11) is 0. The summed E-state index contributed by atoms with van der Waals surface area (Å²) in [5.41, 5.74) is 0.615. The van der Waals surface area contributed by atoms with Gasteiger partial charge in [0.15, 0.2) is 0 Å². The molecule has 2 saturated carbocycles. The monoisotopic (exact) mass is 263 g/mol. The molecule has 2 heteroatoms. The second-order valence-corrected chi connectivity index (χ2v) is 7.25. The summed E-state index contributed by atoms with van der Waals surface area (Å²) in [5.74, 6) is 0.916. The highest BCUT2D eigenvalue weighted by Crippen LogP contribution is 2.45. The molecule has 0 amide bonds. The average Bonchev–Trinajstić information content (AvgIpc) is 2.93. The zero-order valence-electron chi connectivity index (χ0n) is 11.5. The summed E-state index contributed by atoms with van der Waals surface area (Å²) in [6.07, 6.45) is 9.98. The van der Waals surface area contributed by atoms with E-state index in [2.05, 4.69) is 29.8 Å². The van der Waals surface area contributed by atoms with Crippen LogP contribution in [0.1, 0.15) is 62.8 Å². The van der Waals surface area contributed by atoms with Crippen LogP contribution in [0.3, 0.4) is 0 Å². The molecule has 2 aliphatic carbocycles. The van der Waals surface area contributed by atoms with Gasteiger partial charge in [-0.1, -0.05) is 25.8 Å². The Morgan fingerprint density at radius 3 is 2.72 bits per heavy atom. The van der Waals surface area contributed by atoms with Crippen molar-refractivity contribution in [1.29, 1.82) is 0 Å². The summed E-state index contributed by atoms with van der Waals surface area (Å²) < 4.78 is 0. The molecule has 1 aromatic rings. The lowest BCUT2D eigenvalue weighted by molar-refractivity contribution is 0.251. The van der Waals surface area contributed by atoms with Crippen molar-refractivity contribution in [1.82, 2.24) is 5.32 Å². The first kappa shape index (κ1) is 12.7. The molecule has 100 valence electrons. The fraction of sp³-hybridized carbons (Fsp3) is 0.750. The van der Waals surface area contributed by atoms with Gasteiger partial charge in [-0.15, -0.1) is 11.3 Å². The normalized spacial score (nSPS) is 24.3. The van der Waals surface area contributed by atoms with E-state index in [1.165, 1.54) is 51.5 Å². The minimum absolute atomic E-state index is 0.615. The molecule has 1 heterocycles. The van der Waals surface area contributed by atoms with Gasteiger partial charge in [-0.25, -0.2) is 0 Å². The van der Waals surface area contributed by atoms with E-state index < -0.39 is 0 Å². The third-order valence-corrected chi connectivity index (χ3v) is 6.01. The minimum Gasteiger partial charge on any atom is -0.308 e. The lowest BCUT2D eigenvalue weighted by Crippen LogP contribution is -2.34. The van der Waals surface area contributed by atoms with Crippen LogP contribution in [-0.4, -0.2) is 6.54 Å². The van der Waals surface area contributed by atoms with Crippen LogP contribution in [0.5, 0.6) is 0 Å². The van der Waals surface area contributed by atoms with E-state index in [4.69, 9.17) is 0 Å². The van der Waals surface area contributed by atoms with E-state index in [9.17, 15) is 0 Å². The highest BCUT2D eigenvalue weighted by atomic mass is 32.1. The number of hydrogen-bond donors (Lipinski definition) is 1. The first-order valence-electron chi connectivity index (χ1n) is 7.60. The molecular formula is C16H25NS. The summed E-state index contributed by atoms with van der Waals surface area (Å²) in [4.78, 5) is 1.56. The van der Waals surface area contributed by atoms with E-state index in [1.54, 1.807) is 4.88 Å². The Balaban J connectivity index is 1.63. The maximum atomic E-state index is 3.93. The largest absolute Gasteiger partial charge is 0.308 e. The number of nitrogens with one attached hydrogen (secondary N) is 1. The van der Waals surface area contributed by atoms with Crippen LogP contribution in [0.25, 0.3) is 0 Å². The minimum atomic E-state index is 0.615. The first-order valence-corrected chi connectivity index (χ1v) is 8.48. The standard InChI is InChI=1S/C16H25NS/c1-2-16(9-3-4-10-16)12-17-15(13-7-8-13)14-6-5-11-18-14/h5-6,11,13,15,17H,2-4,7-10,12H2,1H3. The Labute approximate surface area is 115 Å². The van der Waals surface area contributed by atoms with Crippen LogP contribution < -0.4 is 5.32 Å². The van der Waals surface area contributed by atoms with E-state index in [-0.39, 0.29) is 0 Å². The van der Waals surface area contributed by atoms with Crippen molar-refractivity contribution in [2.45, 2.75) is 57.9 Å². The van der Waals surface area contributed by atoms with Crippen molar-refractivity contribution in [2.24, 2.45) is 11.3 Å². The molecule has 1 N–H and O–H groups in total. The van der Waals surface area contributed by atoms with Gasteiger partial charge in [0, 0.05) is 17.5 Å². The number of hydrogen-bond acceptors (Lipinski definition) is 2. The zero-order chi connectivity index (χ0) is 12.4. The molecule has 1 atom stereocenters. The highest BCUT2D eigenvalue weighted by molar-refractivity contribution is 7.10. The molecule has 0 radical (unpaired) electrons. The maximum absolute atomic E-state index is 3.93. The molecule has 18 heavy (non-hydrogen) atoms. The molecule has 0 aliphatic heterocycles. The molecule has 0 aromatic carbocycles. The SMILES string of the molecule is CCC1(CNC(c2cccs2)C2CC2)CCCC1. The van der Waals surface area contributed by atoms with Gasteiger partial charge >= 0.3 is 0 Å². The fourth-order valence-electron chi connectivity index (χ4n) is 3.50. The maximum Gasteiger partial charge on any atom is 0.0443 e. The molecule has 1 aromatic heterocycles. The average molecular weight is 263 g/mol. The van der Waals surface area contributed by atoms with E-state index in [1.807, 2.05) is 11.3 Å². The smallest absolute Gasteiger partial charge is 0.0443 e. The van der Waals surface area contributed by atoms with Gasteiger partial charge in [-0.05, 0) is 54.9 Å². The second kappa shape index (κ2) is 5.34. The molecule has 0 bridgehead atoms. The summed E-state index contributed by atoms with van der Waals surface area (Å²) in [6, 6.07) is 5.16. The fourth-order valence-corrected chi connectivity index (χ4v) is 4.40. The number of rotatable bonds is 6. The number of thiophene rings is 1. The van der Waals surface area contributed by atoms with Crippen LogP contribution in [0.15, 0.2) is 17.5 Å². The topological polar surface area (TPSA) is 12.0 Å². The zero-order valence-corrected chi connectivity index (χ0v) is 12.3. The van der Waals surface area contributed by atoms with Crippen molar-refractivity contribution >= 4 is 11.3 Å². The van der Waals surface area contributed by atoms with Gasteiger partial charge in [-0.3, -0.25) is 0 Å². The Morgan fingerprint density at radius 1 is 1.39 bits per heavy atom. The van der Waals surface area contributed by atoms with Gasteiger partial charge < -0.3 is 5.32 Å². The van der Waals surface area contributed by atoms with Crippen molar-refractivity contribution in [3.8, 4) is 0 Å². The predicted octanol–water partition coefficient (Wildman–Crippen LogP) is 4.76. The van der Waals surface area contributed by atoms with Gasteiger partial charge in [0.2, 0.25) is 0 Å². The summed E-state index contributed by atoms with van der Waals surface area (Å²) in [5, 5.41) is 6.15. The van der Waals surface area contributed by atoms with E-state index >= 15 is 0 Å². The van der Waals surface area contributed by atoms with Gasteiger partial charge in [0.25, 0.3) is 0 Å². The molecular weight excluding hydrogens is 238 g/mol.